The van der Waals surface area contributed by atoms with Gasteiger partial charge in [0.2, 0.25) is 0 Å². The van der Waals surface area contributed by atoms with E-state index < -0.39 is 0 Å². The molecule has 40 heavy (non-hydrogen) atoms. The molecule has 0 spiro atoms. The van der Waals surface area contributed by atoms with Gasteiger partial charge in [-0.05, 0) is 129 Å². The number of hydrogen-bond acceptors (Lipinski definition) is 0. The smallest absolute Gasteiger partial charge is 0.0207 e. The van der Waals surface area contributed by atoms with Gasteiger partial charge in [0.15, 0.2) is 0 Å². The van der Waals surface area contributed by atoms with Gasteiger partial charge >= 0.3 is 0 Å². The molecule has 0 bridgehead atoms. The van der Waals surface area contributed by atoms with Gasteiger partial charge in [-0.15, -0.1) is 15.8 Å². The number of hydrogen-bond donors (Lipinski definition) is 0. The minimum atomic E-state index is 0.293. The number of rotatable bonds is 9. The standard InChI is InChI=1S/C38H68P2/c1-5-19-34(20-6-1)39(35-21-7-2-8-22-35)29-31-16-15-18-32(28-31)38-27-14-13-17-33(38)30-40(36-23-9-3-10-24-36)37-25-11-4-12-26-37/h31-38H,1-30H2. The molecule has 6 aliphatic rings. The molecule has 0 aromatic carbocycles. The summed E-state index contributed by atoms with van der Waals surface area (Å²) in [5, 5.41) is 0. The van der Waals surface area contributed by atoms with E-state index in [2.05, 4.69) is 0 Å². The van der Waals surface area contributed by atoms with E-state index in [1.54, 1.807) is 192 Å². The van der Waals surface area contributed by atoms with Crippen LogP contribution in [0.4, 0.5) is 0 Å². The molecule has 4 unspecified atom stereocenters. The molecule has 0 aromatic heterocycles. The first kappa shape index (κ1) is 30.9. The topological polar surface area (TPSA) is 0 Å². The van der Waals surface area contributed by atoms with Crippen LogP contribution in [0, 0.1) is 23.7 Å². The summed E-state index contributed by atoms with van der Waals surface area (Å²) in [6.45, 7) is 0. The normalized spacial score (nSPS) is 35.0. The highest BCUT2D eigenvalue weighted by Crippen LogP contribution is 2.61. The SMILES string of the molecule is C1CCC(P(CC2CCCC(C3CCCCC3CP(C3CCCCC3)C3CCCCC3)C2)C2CCCCC2)CC1. The van der Waals surface area contributed by atoms with Gasteiger partial charge in [-0.3, -0.25) is 0 Å². The molecule has 6 aliphatic carbocycles. The highest BCUT2D eigenvalue weighted by atomic mass is 31.1. The molecular weight excluding hydrogens is 518 g/mol. The van der Waals surface area contributed by atoms with E-state index in [0.29, 0.717) is 15.8 Å². The molecule has 0 heterocycles. The van der Waals surface area contributed by atoms with Gasteiger partial charge < -0.3 is 0 Å². The highest BCUT2D eigenvalue weighted by molar-refractivity contribution is 7.59. The highest BCUT2D eigenvalue weighted by Gasteiger charge is 2.40. The molecule has 6 rings (SSSR count). The van der Waals surface area contributed by atoms with Crippen LogP contribution in [-0.4, -0.2) is 35.0 Å². The second kappa shape index (κ2) is 16.3. The summed E-state index contributed by atoms with van der Waals surface area (Å²) in [5.41, 5.74) is 4.68. The van der Waals surface area contributed by atoms with Crippen molar-refractivity contribution in [1.29, 1.82) is 0 Å². The summed E-state index contributed by atoms with van der Waals surface area (Å²) >= 11 is 0. The van der Waals surface area contributed by atoms with E-state index in [4.69, 9.17) is 0 Å². The van der Waals surface area contributed by atoms with Crippen LogP contribution in [0.5, 0.6) is 0 Å². The average molecular weight is 587 g/mol. The summed E-state index contributed by atoms with van der Waals surface area (Å²) < 4.78 is 0. The third kappa shape index (κ3) is 8.31. The fourth-order valence-electron chi connectivity index (χ4n) is 11.4. The Morgan fingerprint density at radius 2 is 0.775 bits per heavy atom. The quantitative estimate of drug-likeness (QED) is 0.236. The first-order chi connectivity index (χ1) is 19.8. The molecule has 0 N–H and O–H groups in total. The zero-order valence-corrected chi connectivity index (χ0v) is 28.5. The van der Waals surface area contributed by atoms with Gasteiger partial charge in [0.1, 0.15) is 0 Å². The summed E-state index contributed by atoms with van der Waals surface area (Å²) in [7, 11) is 0.597. The van der Waals surface area contributed by atoms with E-state index >= 15 is 0 Å². The minimum absolute atomic E-state index is 0.293. The van der Waals surface area contributed by atoms with E-state index in [9.17, 15) is 0 Å². The monoisotopic (exact) mass is 586 g/mol. The zero-order chi connectivity index (χ0) is 27.0. The van der Waals surface area contributed by atoms with Gasteiger partial charge in [0.05, 0.1) is 0 Å². The van der Waals surface area contributed by atoms with Gasteiger partial charge in [-0.25, -0.2) is 0 Å². The molecule has 230 valence electrons. The van der Waals surface area contributed by atoms with E-state index in [1.165, 1.54) is 22.6 Å². The molecule has 2 heteroatoms. The van der Waals surface area contributed by atoms with Crippen LogP contribution in [0.2, 0.25) is 0 Å². The van der Waals surface area contributed by atoms with Crippen molar-refractivity contribution in [3.05, 3.63) is 0 Å². The molecule has 0 aromatic rings. The third-order valence-corrected chi connectivity index (χ3v) is 21.1. The van der Waals surface area contributed by atoms with E-state index in [1.807, 2.05) is 0 Å². The Morgan fingerprint density at radius 3 is 1.27 bits per heavy atom. The molecule has 6 saturated carbocycles. The zero-order valence-electron chi connectivity index (χ0n) is 26.7. The lowest BCUT2D eigenvalue weighted by Crippen LogP contribution is -2.35. The lowest BCUT2D eigenvalue weighted by molar-refractivity contribution is 0.122. The molecule has 6 fully saturated rings. The molecule has 0 radical (unpaired) electrons. The Balaban J connectivity index is 1.11. The fourth-order valence-corrected chi connectivity index (χ4v) is 19.8. The van der Waals surface area contributed by atoms with Crippen LogP contribution in [0.25, 0.3) is 0 Å². The van der Waals surface area contributed by atoms with Crippen molar-refractivity contribution < 1.29 is 0 Å². The molecular formula is C38H68P2. The van der Waals surface area contributed by atoms with Crippen molar-refractivity contribution in [2.24, 2.45) is 23.7 Å². The maximum Gasteiger partial charge on any atom is -0.0207 e. The predicted molar refractivity (Wildman–Crippen MR) is 182 cm³/mol. The van der Waals surface area contributed by atoms with Crippen molar-refractivity contribution >= 4 is 15.8 Å². The van der Waals surface area contributed by atoms with E-state index in [0.717, 1.165) is 23.7 Å². The van der Waals surface area contributed by atoms with E-state index in [-0.39, 0.29) is 0 Å². The van der Waals surface area contributed by atoms with Crippen molar-refractivity contribution in [3.8, 4) is 0 Å². The second-order valence-electron chi connectivity index (χ2n) is 16.1. The lowest BCUT2D eigenvalue weighted by atomic mass is 9.67. The summed E-state index contributed by atoms with van der Waals surface area (Å²) in [6.07, 6.45) is 48.0. The average Bonchev–Trinajstić information content (AvgIpc) is 3.04. The Morgan fingerprint density at radius 1 is 0.350 bits per heavy atom. The maximum absolute atomic E-state index is 1.73. The molecule has 0 amide bonds. The fraction of sp³-hybridized carbons (Fsp3) is 1.00. The van der Waals surface area contributed by atoms with Gasteiger partial charge in [-0.1, -0.05) is 109 Å². The van der Waals surface area contributed by atoms with Crippen LogP contribution in [0.3, 0.4) is 0 Å². The van der Waals surface area contributed by atoms with Gasteiger partial charge in [0.25, 0.3) is 0 Å². The minimum Gasteiger partial charge on any atom is -0.100 e. The van der Waals surface area contributed by atoms with Gasteiger partial charge in [-0.2, -0.15) is 0 Å². The molecule has 0 saturated heterocycles. The van der Waals surface area contributed by atoms with Crippen LogP contribution < -0.4 is 0 Å². The third-order valence-electron chi connectivity index (χ3n) is 13.5. The summed E-state index contributed by atoms with van der Waals surface area (Å²) in [4.78, 5) is 0. The van der Waals surface area contributed by atoms with Crippen molar-refractivity contribution in [3.63, 3.8) is 0 Å². The first-order valence-electron chi connectivity index (χ1n) is 19.4. The van der Waals surface area contributed by atoms with Crippen LogP contribution in [0.1, 0.15) is 180 Å². The first-order valence-corrected chi connectivity index (χ1v) is 22.7. The van der Waals surface area contributed by atoms with Gasteiger partial charge in [0, 0.05) is 0 Å². The van der Waals surface area contributed by atoms with Crippen LogP contribution >= 0.6 is 15.8 Å². The maximum atomic E-state index is 1.73. The van der Waals surface area contributed by atoms with Crippen LogP contribution in [0.15, 0.2) is 0 Å². The van der Waals surface area contributed by atoms with Crippen LogP contribution in [-0.2, 0) is 0 Å². The predicted octanol–water partition coefficient (Wildman–Crippen LogP) is 12.9. The Hall–Kier alpha value is 0.860. The molecule has 0 aliphatic heterocycles. The van der Waals surface area contributed by atoms with Crippen molar-refractivity contribution in [2.75, 3.05) is 12.3 Å². The molecule has 4 atom stereocenters. The molecule has 0 nitrogen and oxygen atoms in total. The van der Waals surface area contributed by atoms with Crippen molar-refractivity contribution in [2.45, 2.75) is 202 Å². The second-order valence-corrected chi connectivity index (χ2v) is 21.8. The Kier molecular flexibility index (Phi) is 12.5. The summed E-state index contributed by atoms with van der Waals surface area (Å²) in [5.74, 6) is 4.50. The summed E-state index contributed by atoms with van der Waals surface area (Å²) in [6, 6.07) is 0. The largest absolute Gasteiger partial charge is 0.100 e. The lowest BCUT2D eigenvalue weighted by Gasteiger charge is -2.46. The Bertz CT molecular complexity index is 660. The van der Waals surface area contributed by atoms with Crippen molar-refractivity contribution in [1.82, 2.24) is 0 Å². The Labute approximate surface area is 253 Å².